The van der Waals surface area contributed by atoms with Gasteiger partial charge in [-0.1, -0.05) is 22.0 Å². The lowest BCUT2D eigenvalue weighted by atomic mass is 9.79. The van der Waals surface area contributed by atoms with Gasteiger partial charge in [0.2, 0.25) is 5.91 Å². The van der Waals surface area contributed by atoms with Gasteiger partial charge in [-0.25, -0.2) is 0 Å². The van der Waals surface area contributed by atoms with Gasteiger partial charge in [-0.05, 0) is 18.2 Å². The van der Waals surface area contributed by atoms with E-state index >= 15 is 0 Å². The number of hydrogen-bond acceptors (Lipinski definition) is 4. The molecule has 2 aliphatic heterocycles. The van der Waals surface area contributed by atoms with E-state index in [0.29, 0.717) is 6.42 Å². The molecule has 6 nitrogen and oxygen atoms in total. The molecule has 1 N–H and O–H groups in total. The van der Waals surface area contributed by atoms with Gasteiger partial charge in [0, 0.05) is 66.2 Å². The molecule has 0 radical (unpaired) electrons. The summed E-state index contributed by atoms with van der Waals surface area (Å²) in [5, 5.41) is 4.12. The Bertz CT molecular complexity index is 1110. The van der Waals surface area contributed by atoms with E-state index in [4.69, 9.17) is 9.47 Å². The Hall–Kier alpha value is -2.51. The van der Waals surface area contributed by atoms with E-state index in [1.54, 1.807) is 14.2 Å². The average Bonchev–Trinajstić information content (AvgIpc) is 3.32. The fraction of sp³-hybridized carbons (Fsp3) is 0.348. The third kappa shape index (κ3) is 3.17. The molecule has 0 saturated carbocycles. The average molecular weight is 470 g/mol. The van der Waals surface area contributed by atoms with Crippen molar-refractivity contribution in [3.05, 3.63) is 52.6 Å². The number of ether oxygens (including phenoxy) is 2. The monoisotopic (exact) mass is 469 g/mol. The molecule has 5 rings (SSSR count). The minimum atomic E-state index is 0.106. The maximum atomic E-state index is 11.6. The van der Waals surface area contributed by atoms with Crippen LogP contribution in [0.25, 0.3) is 16.6 Å². The van der Waals surface area contributed by atoms with Gasteiger partial charge in [-0.3, -0.25) is 9.69 Å². The van der Waals surface area contributed by atoms with E-state index in [0.717, 1.165) is 64.3 Å². The smallest absolute Gasteiger partial charge is 0.220 e. The number of carbonyl (C=O) groups is 1. The summed E-state index contributed by atoms with van der Waals surface area (Å²) >= 11 is 3.63. The normalized spacial score (nSPS) is 17.9. The molecule has 30 heavy (non-hydrogen) atoms. The van der Waals surface area contributed by atoms with Gasteiger partial charge in [0.05, 0.1) is 31.0 Å². The number of likely N-dealkylation sites (tertiary alicyclic amines) is 1. The fourth-order valence-corrected chi connectivity index (χ4v) is 5.32. The number of methoxy groups -OCH3 is 2. The summed E-state index contributed by atoms with van der Waals surface area (Å²) in [6.45, 7) is 3.35. The van der Waals surface area contributed by atoms with E-state index < -0.39 is 0 Å². The molecule has 2 aliphatic rings. The second-order valence-corrected chi connectivity index (χ2v) is 9.14. The summed E-state index contributed by atoms with van der Waals surface area (Å²) < 4.78 is 14.8. The zero-order valence-electron chi connectivity index (χ0n) is 17.1. The van der Waals surface area contributed by atoms with Crippen molar-refractivity contribution in [2.75, 3.05) is 33.9 Å². The van der Waals surface area contributed by atoms with Crippen LogP contribution in [0.15, 0.2) is 47.1 Å². The van der Waals surface area contributed by atoms with Crippen molar-refractivity contribution in [2.45, 2.75) is 13.0 Å². The zero-order valence-corrected chi connectivity index (χ0v) is 18.7. The minimum Gasteiger partial charge on any atom is -0.496 e. The van der Waals surface area contributed by atoms with Crippen LogP contribution in [0.2, 0.25) is 0 Å². The van der Waals surface area contributed by atoms with Gasteiger partial charge < -0.3 is 19.4 Å². The Kier molecular flexibility index (Phi) is 4.75. The Labute approximate surface area is 183 Å². The number of hydrogen-bond donors (Lipinski definition) is 1. The minimum absolute atomic E-state index is 0.106. The second kappa shape index (κ2) is 7.32. The quantitative estimate of drug-likeness (QED) is 0.618. The van der Waals surface area contributed by atoms with Gasteiger partial charge >= 0.3 is 0 Å². The van der Waals surface area contributed by atoms with Crippen LogP contribution in [0.4, 0.5) is 0 Å². The van der Waals surface area contributed by atoms with Crippen LogP contribution in [0.3, 0.4) is 0 Å². The van der Waals surface area contributed by atoms with Crippen LogP contribution in [0.5, 0.6) is 11.5 Å². The molecule has 0 unspecified atom stereocenters. The molecule has 7 heteroatoms. The highest BCUT2D eigenvalue weighted by molar-refractivity contribution is 9.10. The second-order valence-electron chi connectivity index (χ2n) is 8.29. The van der Waals surface area contributed by atoms with Crippen molar-refractivity contribution < 1.29 is 14.3 Å². The van der Waals surface area contributed by atoms with Crippen LogP contribution in [-0.2, 0) is 11.3 Å². The molecule has 1 spiro atoms. The van der Waals surface area contributed by atoms with Crippen LogP contribution in [-0.4, -0.2) is 49.2 Å². The van der Waals surface area contributed by atoms with Crippen LogP contribution in [0.1, 0.15) is 12.0 Å². The third-order valence-corrected chi connectivity index (χ3v) is 6.94. The molecule has 0 aliphatic carbocycles. The number of nitrogens with zero attached hydrogens (tertiary/aromatic N) is 2. The lowest BCUT2D eigenvalue weighted by molar-refractivity contribution is -0.120. The third-order valence-electron chi connectivity index (χ3n) is 6.25. The van der Waals surface area contributed by atoms with E-state index in [9.17, 15) is 4.79 Å². The van der Waals surface area contributed by atoms with Crippen molar-refractivity contribution in [3.63, 3.8) is 0 Å². The van der Waals surface area contributed by atoms with Gasteiger partial charge in [-0.15, -0.1) is 0 Å². The molecular weight excluding hydrogens is 446 g/mol. The highest BCUT2D eigenvalue weighted by atomic mass is 79.9. The predicted molar refractivity (Wildman–Crippen MR) is 119 cm³/mol. The molecule has 2 saturated heterocycles. The Balaban J connectivity index is 1.46. The van der Waals surface area contributed by atoms with Crippen molar-refractivity contribution in [1.29, 1.82) is 0 Å². The predicted octanol–water partition coefficient (Wildman–Crippen LogP) is 3.73. The van der Waals surface area contributed by atoms with Gasteiger partial charge in [-0.2, -0.15) is 0 Å². The summed E-state index contributed by atoms with van der Waals surface area (Å²) in [4.78, 5) is 14.0. The number of benzene rings is 2. The first-order valence-corrected chi connectivity index (χ1v) is 10.8. The van der Waals surface area contributed by atoms with E-state index in [-0.39, 0.29) is 11.3 Å². The zero-order chi connectivity index (χ0) is 20.9. The van der Waals surface area contributed by atoms with Crippen LogP contribution >= 0.6 is 15.9 Å². The highest BCUT2D eigenvalue weighted by Crippen LogP contribution is 2.41. The Morgan fingerprint density at radius 2 is 1.87 bits per heavy atom. The maximum absolute atomic E-state index is 11.6. The molecule has 156 valence electrons. The van der Waals surface area contributed by atoms with Gasteiger partial charge in [0.1, 0.15) is 11.5 Å². The number of aromatic nitrogens is 1. The number of rotatable bonds is 5. The topological polar surface area (TPSA) is 55.7 Å². The molecule has 1 aromatic heterocycles. The summed E-state index contributed by atoms with van der Waals surface area (Å²) in [5.74, 6) is 1.78. The summed E-state index contributed by atoms with van der Waals surface area (Å²) in [6, 6.07) is 12.4. The van der Waals surface area contributed by atoms with Gasteiger partial charge in [0.15, 0.2) is 0 Å². The lowest BCUT2D eigenvalue weighted by Gasteiger charge is -2.47. The fourth-order valence-electron chi connectivity index (χ4n) is 4.83. The molecule has 0 bridgehead atoms. The summed E-state index contributed by atoms with van der Waals surface area (Å²) in [5.41, 5.74) is 3.25. The molecule has 2 aromatic carbocycles. The molecule has 3 aromatic rings. The van der Waals surface area contributed by atoms with Gasteiger partial charge in [0.25, 0.3) is 0 Å². The first-order valence-electron chi connectivity index (χ1n) is 10.0. The highest BCUT2D eigenvalue weighted by Gasteiger charge is 2.48. The van der Waals surface area contributed by atoms with Crippen molar-refractivity contribution >= 4 is 32.7 Å². The van der Waals surface area contributed by atoms with E-state index in [2.05, 4.69) is 61.2 Å². The largest absolute Gasteiger partial charge is 0.496 e. The molecule has 3 heterocycles. The SMILES string of the molecule is COc1cc(-n2ccc3c(Br)cccc32)cc(OC)c1CN1CC2(CNC(=O)C2)C1. The number of fused-ring (bicyclic) bond motifs is 1. The first-order chi connectivity index (χ1) is 14.5. The number of amides is 1. The molecule has 2 fully saturated rings. The molecule has 0 atom stereocenters. The van der Waals surface area contributed by atoms with E-state index in [1.165, 1.54) is 0 Å². The number of halogens is 1. The Morgan fingerprint density at radius 3 is 2.50 bits per heavy atom. The standard InChI is InChI=1S/C23H24BrN3O3/c1-29-20-8-15(27-7-6-16-18(24)4-3-5-19(16)27)9-21(30-2)17(20)11-26-13-23(14-26)10-22(28)25-12-23/h3-9H,10-14H2,1-2H3,(H,25,28). The van der Waals surface area contributed by atoms with Crippen molar-refractivity contribution in [3.8, 4) is 17.2 Å². The Morgan fingerprint density at radius 1 is 1.13 bits per heavy atom. The van der Waals surface area contributed by atoms with E-state index in [1.807, 2.05) is 12.1 Å². The maximum Gasteiger partial charge on any atom is 0.220 e. The van der Waals surface area contributed by atoms with Crippen molar-refractivity contribution in [1.82, 2.24) is 14.8 Å². The van der Waals surface area contributed by atoms with Crippen LogP contribution in [0, 0.1) is 5.41 Å². The number of carbonyl (C=O) groups excluding carboxylic acids is 1. The summed E-state index contributed by atoms with van der Waals surface area (Å²) in [6.07, 6.45) is 2.69. The number of nitrogens with one attached hydrogen (secondary N) is 1. The van der Waals surface area contributed by atoms with Crippen LogP contribution < -0.4 is 14.8 Å². The molecule has 1 amide bonds. The van der Waals surface area contributed by atoms with Crippen molar-refractivity contribution in [2.24, 2.45) is 5.41 Å². The first kappa shape index (κ1) is 19.5. The lowest BCUT2D eigenvalue weighted by Crippen LogP contribution is -2.56. The molecular formula is C23H24BrN3O3. The summed E-state index contributed by atoms with van der Waals surface area (Å²) in [7, 11) is 3.40.